The Morgan fingerprint density at radius 1 is 1.53 bits per heavy atom. The van der Waals surface area contributed by atoms with Gasteiger partial charge in [-0.05, 0) is 6.42 Å². The maximum Gasteiger partial charge on any atom is 0.286 e. The molecule has 0 aliphatic carbocycles. The lowest BCUT2D eigenvalue weighted by atomic mass is 10.1. The number of carbonyl (C=O) groups is 2. The lowest BCUT2D eigenvalue weighted by Crippen LogP contribution is -2.33. The third-order valence-electron chi connectivity index (χ3n) is 2.08. The Bertz CT molecular complexity index is 341. The normalized spacial score (nSPS) is 15.2. The van der Waals surface area contributed by atoms with E-state index in [9.17, 15) is 9.59 Å². The Morgan fingerprint density at radius 3 is 2.87 bits per heavy atom. The van der Waals surface area contributed by atoms with Gasteiger partial charge in [-0.3, -0.25) is 14.5 Å². The van der Waals surface area contributed by atoms with Gasteiger partial charge >= 0.3 is 0 Å². The van der Waals surface area contributed by atoms with Crippen LogP contribution in [0.5, 0.6) is 0 Å². The Hall–Kier alpha value is -1.83. The second-order valence-corrected chi connectivity index (χ2v) is 3.15. The lowest BCUT2D eigenvalue weighted by molar-refractivity contribution is -0.137. The molecular formula is C10H12N2O3. The number of amides is 2. The zero-order valence-electron chi connectivity index (χ0n) is 8.52. The quantitative estimate of drug-likeness (QED) is 0.376. The second-order valence-electron chi connectivity index (χ2n) is 3.15. The number of nitriles is 1. The van der Waals surface area contributed by atoms with Crippen molar-refractivity contribution in [3.63, 3.8) is 0 Å². The predicted octanol–water partition coefficient (Wildman–Crippen LogP) is 0.579. The zero-order valence-corrected chi connectivity index (χ0v) is 8.52. The van der Waals surface area contributed by atoms with Crippen molar-refractivity contribution < 1.29 is 14.3 Å². The monoisotopic (exact) mass is 208 g/mol. The average molecular weight is 208 g/mol. The van der Waals surface area contributed by atoms with Gasteiger partial charge in [-0.25, -0.2) is 0 Å². The molecule has 0 fully saturated rings. The number of imide groups is 1. The van der Waals surface area contributed by atoms with Crippen molar-refractivity contribution in [2.24, 2.45) is 0 Å². The van der Waals surface area contributed by atoms with Gasteiger partial charge in [0.2, 0.25) is 0 Å². The summed E-state index contributed by atoms with van der Waals surface area (Å²) >= 11 is 0. The molecule has 5 nitrogen and oxygen atoms in total. The van der Waals surface area contributed by atoms with E-state index < -0.39 is 0 Å². The lowest BCUT2D eigenvalue weighted by Gasteiger charge is -2.12. The molecular weight excluding hydrogens is 196 g/mol. The summed E-state index contributed by atoms with van der Waals surface area (Å²) in [7, 11) is 0. The first kappa shape index (κ1) is 11.2. The number of hydrogen-bond donors (Lipinski definition) is 0. The molecule has 0 spiro atoms. The van der Waals surface area contributed by atoms with Crippen LogP contribution in [-0.2, 0) is 14.3 Å². The zero-order chi connectivity index (χ0) is 11.3. The van der Waals surface area contributed by atoms with E-state index in [0.717, 1.165) is 11.3 Å². The maximum absolute atomic E-state index is 11.6. The molecule has 80 valence electrons. The molecule has 0 N–H and O–H groups in total. The minimum Gasteiger partial charge on any atom is -0.426 e. The first-order valence-electron chi connectivity index (χ1n) is 4.78. The number of rotatable bonds is 5. The Morgan fingerprint density at radius 2 is 2.27 bits per heavy atom. The minimum atomic E-state index is -0.315. The third kappa shape index (κ3) is 2.56. The van der Waals surface area contributed by atoms with Crippen LogP contribution in [0.3, 0.4) is 0 Å². The van der Waals surface area contributed by atoms with Crippen molar-refractivity contribution >= 4 is 11.8 Å². The Labute approximate surface area is 87.9 Å². The van der Waals surface area contributed by atoms with E-state index in [-0.39, 0.29) is 25.0 Å². The molecule has 0 radical (unpaired) electrons. The fraction of sp³-hybridized carbons (Fsp3) is 0.500. The first-order chi connectivity index (χ1) is 7.20. The summed E-state index contributed by atoms with van der Waals surface area (Å²) in [6.07, 6.45) is 4.29. The minimum absolute atomic E-state index is 0.0568. The van der Waals surface area contributed by atoms with Gasteiger partial charge in [-0.1, -0.05) is 13.3 Å². The van der Waals surface area contributed by atoms with Gasteiger partial charge in [-0.2, -0.15) is 5.26 Å². The molecule has 0 aromatic heterocycles. The highest BCUT2D eigenvalue weighted by Crippen LogP contribution is 2.16. The molecule has 15 heavy (non-hydrogen) atoms. The second kappa shape index (κ2) is 5.15. The molecule has 1 heterocycles. The molecule has 1 aliphatic rings. The van der Waals surface area contributed by atoms with Crippen molar-refractivity contribution in [1.29, 1.82) is 5.26 Å². The van der Waals surface area contributed by atoms with Crippen LogP contribution < -0.4 is 0 Å². The van der Waals surface area contributed by atoms with E-state index in [0.29, 0.717) is 12.0 Å². The van der Waals surface area contributed by atoms with Crippen molar-refractivity contribution in [3.05, 3.63) is 11.6 Å². The summed E-state index contributed by atoms with van der Waals surface area (Å²) in [4.78, 5) is 24.1. The van der Waals surface area contributed by atoms with Crippen LogP contribution in [-0.4, -0.2) is 29.9 Å². The van der Waals surface area contributed by atoms with E-state index in [1.54, 1.807) is 0 Å². The van der Waals surface area contributed by atoms with Crippen molar-refractivity contribution in [1.82, 2.24) is 4.90 Å². The molecule has 0 saturated heterocycles. The predicted molar refractivity (Wildman–Crippen MR) is 51.3 cm³/mol. The molecule has 0 aromatic carbocycles. The third-order valence-corrected chi connectivity index (χ3v) is 2.08. The first-order valence-corrected chi connectivity index (χ1v) is 4.78. The van der Waals surface area contributed by atoms with Crippen LogP contribution >= 0.6 is 0 Å². The van der Waals surface area contributed by atoms with Gasteiger partial charge in [0.1, 0.15) is 6.61 Å². The highest BCUT2D eigenvalue weighted by atomic mass is 16.5. The SMILES string of the molecule is CCCC1=CC(=O)N(CCOC#N)C1=O. The number of hydrogen-bond acceptors (Lipinski definition) is 4. The van der Waals surface area contributed by atoms with Crippen LogP contribution in [0.2, 0.25) is 0 Å². The summed E-state index contributed by atoms with van der Waals surface area (Å²) in [6, 6.07) is 0. The standard InChI is InChI=1S/C10H12N2O3/c1-2-3-8-6-9(13)12(10(8)14)4-5-15-7-11/h6H,2-5H2,1H3. The summed E-state index contributed by atoms with van der Waals surface area (Å²) in [5, 5.41) is 8.13. The molecule has 5 heteroatoms. The van der Waals surface area contributed by atoms with Gasteiger partial charge in [0.05, 0.1) is 6.54 Å². The molecule has 0 unspecified atom stereocenters. The highest BCUT2D eigenvalue weighted by Gasteiger charge is 2.29. The van der Waals surface area contributed by atoms with Crippen LogP contribution in [0, 0.1) is 11.5 Å². The molecule has 1 rings (SSSR count). The van der Waals surface area contributed by atoms with Gasteiger partial charge in [0.15, 0.2) is 0 Å². The molecule has 0 aromatic rings. The van der Waals surface area contributed by atoms with E-state index in [4.69, 9.17) is 5.26 Å². The largest absolute Gasteiger partial charge is 0.426 e. The summed E-state index contributed by atoms with van der Waals surface area (Å²) in [5.41, 5.74) is 0.541. The van der Waals surface area contributed by atoms with Crippen LogP contribution in [0.15, 0.2) is 11.6 Å². The Balaban J connectivity index is 2.53. The van der Waals surface area contributed by atoms with Gasteiger partial charge in [0.25, 0.3) is 18.1 Å². The average Bonchev–Trinajstić information content (AvgIpc) is 2.46. The van der Waals surface area contributed by atoms with Gasteiger partial charge < -0.3 is 4.74 Å². The summed E-state index contributed by atoms with van der Waals surface area (Å²) in [5.74, 6) is -0.576. The van der Waals surface area contributed by atoms with Gasteiger partial charge in [0, 0.05) is 11.6 Å². The molecule has 1 aliphatic heterocycles. The van der Waals surface area contributed by atoms with Gasteiger partial charge in [-0.15, -0.1) is 0 Å². The van der Waals surface area contributed by atoms with Crippen LogP contribution in [0.4, 0.5) is 0 Å². The summed E-state index contributed by atoms with van der Waals surface area (Å²) < 4.78 is 4.42. The smallest absolute Gasteiger partial charge is 0.286 e. The van der Waals surface area contributed by atoms with E-state index in [1.165, 1.54) is 12.3 Å². The van der Waals surface area contributed by atoms with E-state index in [2.05, 4.69) is 4.74 Å². The molecule has 2 amide bonds. The summed E-state index contributed by atoms with van der Waals surface area (Å²) in [6.45, 7) is 2.14. The maximum atomic E-state index is 11.6. The van der Waals surface area contributed by atoms with Crippen LogP contribution in [0.1, 0.15) is 19.8 Å². The van der Waals surface area contributed by atoms with Crippen molar-refractivity contribution in [2.75, 3.05) is 13.2 Å². The number of carbonyl (C=O) groups excluding carboxylic acids is 2. The molecule has 0 bridgehead atoms. The van der Waals surface area contributed by atoms with E-state index >= 15 is 0 Å². The highest BCUT2D eigenvalue weighted by molar-refractivity contribution is 6.16. The fourth-order valence-electron chi connectivity index (χ4n) is 1.40. The fourth-order valence-corrected chi connectivity index (χ4v) is 1.40. The van der Waals surface area contributed by atoms with Crippen molar-refractivity contribution in [3.8, 4) is 6.26 Å². The molecule has 0 atom stereocenters. The number of nitrogens with zero attached hydrogens (tertiary/aromatic N) is 2. The van der Waals surface area contributed by atoms with Crippen molar-refractivity contribution in [2.45, 2.75) is 19.8 Å². The van der Waals surface area contributed by atoms with Crippen LogP contribution in [0.25, 0.3) is 0 Å². The number of ether oxygens (including phenoxy) is 1. The van der Waals surface area contributed by atoms with E-state index in [1.807, 2.05) is 6.92 Å². The molecule has 0 saturated carbocycles. The topological polar surface area (TPSA) is 70.4 Å². The Kier molecular flexibility index (Phi) is 3.86.